The van der Waals surface area contributed by atoms with E-state index in [0.29, 0.717) is 17.9 Å². The number of hydrogen-bond acceptors (Lipinski definition) is 3. The van der Waals surface area contributed by atoms with Crippen LogP contribution in [0, 0.1) is 0 Å². The SMILES string of the molecule is CC(C)c1ccc2c(c1)C(=O)/C(=N/O)C2. The Morgan fingerprint density at radius 2 is 2.13 bits per heavy atom. The molecule has 0 atom stereocenters. The smallest absolute Gasteiger partial charge is 0.211 e. The topological polar surface area (TPSA) is 49.7 Å². The Kier molecular flexibility index (Phi) is 2.31. The van der Waals surface area contributed by atoms with Crippen LogP contribution in [-0.2, 0) is 6.42 Å². The summed E-state index contributed by atoms with van der Waals surface area (Å²) in [6.45, 7) is 4.17. The van der Waals surface area contributed by atoms with Crippen molar-refractivity contribution in [1.82, 2.24) is 0 Å². The molecule has 3 heteroatoms. The number of ketones is 1. The van der Waals surface area contributed by atoms with Crippen molar-refractivity contribution in [2.24, 2.45) is 5.16 Å². The van der Waals surface area contributed by atoms with Crippen molar-refractivity contribution in [2.75, 3.05) is 0 Å². The molecule has 0 aromatic heterocycles. The first-order valence-corrected chi connectivity index (χ1v) is 5.02. The summed E-state index contributed by atoms with van der Waals surface area (Å²) < 4.78 is 0. The molecule has 78 valence electrons. The molecule has 0 saturated carbocycles. The molecule has 0 fully saturated rings. The number of carbonyl (C=O) groups excluding carboxylic acids is 1. The average molecular weight is 203 g/mol. The Labute approximate surface area is 88.4 Å². The van der Waals surface area contributed by atoms with Gasteiger partial charge in [-0.25, -0.2) is 0 Å². The van der Waals surface area contributed by atoms with Crippen LogP contribution in [0.4, 0.5) is 0 Å². The van der Waals surface area contributed by atoms with E-state index >= 15 is 0 Å². The van der Waals surface area contributed by atoms with Gasteiger partial charge in [-0.05, 0) is 23.1 Å². The summed E-state index contributed by atoms with van der Waals surface area (Å²) in [7, 11) is 0. The Hall–Kier alpha value is -1.64. The number of carbonyl (C=O) groups is 1. The van der Waals surface area contributed by atoms with Gasteiger partial charge < -0.3 is 5.21 Å². The van der Waals surface area contributed by atoms with Crippen molar-refractivity contribution < 1.29 is 10.0 Å². The van der Waals surface area contributed by atoms with E-state index in [4.69, 9.17) is 5.21 Å². The Balaban J connectivity index is 2.49. The van der Waals surface area contributed by atoms with Crippen molar-refractivity contribution in [3.8, 4) is 0 Å². The van der Waals surface area contributed by atoms with Crippen LogP contribution >= 0.6 is 0 Å². The van der Waals surface area contributed by atoms with Gasteiger partial charge in [0.05, 0.1) is 0 Å². The van der Waals surface area contributed by atoms with E-state index in [-0.39, 0.29) is 11.5 Å². The average Bonchev–Trinajstić information content (AvgIpc) is 2.55. The molecule has 0 amide bonds. The van der Waals surface area contributed by atoms with E-state index in [2.05, 4.69) is 19.0 Å². The minimum Gasteiger partial charge on any atom is -0.411 e. The van der Waals surface area contributed by atoms with Crippen molar-refractivity contribution in [3.05, 3.63) is 34.9 Å². The highest BCUT2D eigenvalue weighted by Crippen LogP contribution is 2.24. The van der Waals surface area contributed by atoms with Crippen LogP contribution in [0.5, 0.6) is 0 Å². The fourth-order valence-corrected chi connectivity index (χ4v) is 1.82. The minimum absolute atomic E-state index is 0.144. The van der Waals surface area contributed by atoms with Crippen LogP contribution in [0.25, 0.3) is 0 Å². The van der Waals surface area contributed by atoms with E-state index in [0.717, 1.165) is 11.1 Å². The summed E-state index contributed by atoms with van der Waals surface area (Å²) >= 11 is 0. The molecule has 0 radical (unpaired) electrons. The lowest BCUT2D eigenvalue weighted by Crippen LogP contribution is -2.07. The standard InChI is InChI=1S/C12H13NO2/c1-7(2)8-3-4-9-6-11(13-15)12(14)10(9)5-8/h3-5,7,15H,6H2,1-2H3/b13-11+. The second-order valence-corrected chi connectivity index (χ2v) is 4.12. The molecular weight excluding hydrogens is 190 g/mol. The maximum Gasteiger partial charge on any atom is 0.211 e. The molecule has 1 aromatic rings. The highest BCUT2D eigenvalue weighted by atomic mass is 16.4. The number of Topliss-reactive ketones (excluding diaryl/α,β-unsaturated/α-hetero) is 1. The molecule has 1 N–H and O–H groups in total. The maximum absolute atomic E-state index is 11.7. The fraction of sp³-hybridized carbons (Fsp3) is 0.333. The molecule has 15 heavy (non-hydrogen) atoms. The van der Waals surface area contributed by atoms with Crippen molar-refractivity contribution in [3.63, 3.8) is 0 Å². The molecule has 0 aliphatic heterocycles. The van der Waals surface area contributed by atoms with Gasteiger partial charge in [0.15, 0.2) is 0 Å². The number of nitrogens with zero attached hydrogens (tertiary/aromatic N) is 1. The minimum atomic E-state index is -0.144. The Bertz CT molecular complexity index is 447. The summed E-state index contributed by atoms with van der Waals surface area (Å²) in [6, 6.07) is 5.87. The monoisotopic (exact) mass is 203 g/mol. The molecule has 1 aromatic carbocycles. The highest BCUT2D eigenvalue weighted by Gasteiger charge is 2.27. The first-order valence-electron chi connectivity index (χ1n) is 5.02. The Morgan fingerprint density at radius 3 is 2.73 bits per heavy atom. The molecule has 1 aliphatic carbocycles. The lowest BCUT2D eigenvalue weighted by molar-refractivity contribution is 0.106. The number of benzene rings is 1. The van der Waals surface area contributed by atoms with Crippen LogP contribution < -0.4 is 0 Å². The zero-order chi connectivity index (χ0) is 11.0. The number of hydrogen-bond donors (Lipinski definition) is 1. The van der Waals surface area contributed by atoms with Gasteiger partial charge in [-0.2, -0.15) is 0 Å². The van der Waals surface area contributed by atoms with Gasteiger partial charge in [0.2, 0.25) is 5.78 Å². The van der Waals surface area contributed by atoms with Crippen molar-refractivity contribution >= 4 is 11.5 Å². The normalized spacial score (nSPS) is 17.5. The third kappa shape index (κ3) is 1.54. The van der Waals surface area contributed by atoms with Crippen LogP contribution in [0.1, 0.15) is 41.3 Å². The van der Waals surface area contributed by atoms with Gasteiger partial charge in [-0.1, -0.05) is 31.1 Å². The molecular formula is C12H13NO2. The van der Waals surface area contributed by atoms with E-state index < -0.39 is 0 Å². The first-order chi connectivity index (χ1) is 7.13. The predicted octanol–water partition coefficient (Wildman–Crippen LogP) is 2.38. The van der Waals surface area contributed by atoms with Crippen LogP contribution in [0.3, 0.4) is 0 Å². The van der Waals surface area contributed by atoms with Gasteiger partial charge in [-0.15, -0.1) is 0 Å². The molecule has 3 nitrogen and oxygen atoms in total. The maximum atomic E-state index is 11.7. The lowest BCUT2D eigenvalue weighted by atomic mass is 9.98. The Morgan fingerprint density at radius 1 is 1.40 bits per heavy atom. The van der Waals surface area contributed by atoms with E-state index in [1.807, 2.05) is 18.2 Å². The van der Waals surface area contributed by atoms with Crippen molar-refractivity contribution in [1.29, 1.82) is 0 Å². The molecule has 0 saturated heterocycles. The molecule has 1 aliphatic rings. The summed E-state index contributed by atoms with van der Waals surface area (Å²) in [4.78, 5) is 11.7. The summed E-state index contributed by atoms with van der Waals surface area (Å²) in [5.74, 6) is 0.258. The second kappa shape index (κ2) is 3.50. The summed E-state index contributed by atoms with van der Waals surface area (Å²) in [6.07, 6.45) is 0.447. The summed E-state index contributed by atoms with van der Waals surface area (Å²) in [5.41, 5.74) is 3.03. The quantitative estimate of drug-likeness (QED) is 0.562. The van der Waals surface area contributed by atoms with Crippen LogP contribution in [0.2, 0.25) is 0 Å². The predicted molar refractivity (Wildman–Crippen MR) is 57.8 cm³/mol. The van der Waals surface area contributed by atoms with Gasteiger partial charge >= 0.3 is 0 Å². The summed E-state index contributed by atoms with van der Waals surface area (Å²) in [5, 5.41) is 11.7. The number of oxime groups is 1. The molecule has 0 spiro atoms. The van der Waals surface area contributed by atoms with Crippen LogP contribution in [-0.4, -0.2) is 16.7 Å². The van der Waals surface area contributed by atoms with Gasteiger partial charge in [0, 0.05) is 12.0 Å². The van der Waals surface area contributed by atoms with Gasteiger partial charge in [-0.3, -0.25) is 4.79 Å². The molecule has 0 heterocycles. The van der Waals surface area contributed by atoms with Crippen LogP contribution in [0.15, 0.2) is 23.4 Å². The van der Waals surface area contributed by atoms with E-state index in [1.54, 1.807) is 0 Å². The molecule has 0 unspecified atom stereocenters. The van der Waals surface area contributed by atoms with Gasteiger partial charge in [0.1, 0.15) is 5.71 Å². The third-order valence-corrected chi connectivity index (χ3v) is 2.79. The van der Waals surface area contributed by atoms with Crippen molar-refractivity contribution in [2.45, 2.75) is 26.2 Å². The zero-order valence-corrected chi connectivity index (χ0v) is 8.82. The van der Waals surface area contributed by atoms with Gasteiger partial charge in [0.25, 0.3) is 0 Å². The van der Waals surface area contributed by atoms with E-state index in [1.165, 1.54) is 0 Å². The number of fused-ring (bicyclic) bond motifs is 1. The lowest BCUT2D eigenvalue weighted by Gasteiger charge is -2.06. The largest absolute Gasteiger partial charge is 0.411 e. The second-order valence-electron chi connectivity index (χ2n) is 4.12. The molecule has 0 bridgehead atoms. The van der Waals surface area contributed by atoms with E-state index in [9.17, 15) is 4.79 Å². The molecule has 2 rings (SSSR count). The zero-order valence-electron chi connectivity index (χ0n) is 8.82. The number of rotatable bonds is 1. The fourth-order valence-electron chi connectivity index (χ4n) is 1.82. The highest BCUT2D eigenvalue weighted by molar-refractivity contribution is 6.49. The third-order valence-electron chi connectivity index (χ3n) is 2.79. The first kappa shape index (κ1) is 9.90.